The van der Waals surface area contributed by atoms with E-state index in [0.717, 1.165) is 16.9 Å². The molecule has 0 aliphatic carbocycles. The van der Waals surface area contributed by atoms with Gasteiger partial charge in [0.15, 0.2) is 16.7 Å². The van der Waals surface area contributed by atoms with Gasteiger partial charge in [-0.1, -0.05) is 47.6 Å². The van der Waals surface area contributed by atoms with Gasteiger partial charge in [0.05, 0.1) is 5.75 Å². The van der Waals surface area contributed by atoms with Crippen molar-refractivity contribution in [2.75, 3.05) is 5.75 Å². The summed E-state index contributed by atoms with van der Waals surface area (Å²) in [6.45, 7) is 1.96. The Kier molecular flexibility index (Phi) is 6.21. The number of H-pyrrole nitrogens is 1. The number of Topliss-reactive ketones (excluding diaryl/α,β-unsaturated/α-hetero) is 1. The second kappa shape index (κ2) is 9.19. The van der Waals surface area contributed by atoms with Crippen LogP contribution in [-0.4, -0.2) is 26.7 Å². The van der Waals surface area contributed by atoms with Gasteiger partial charge in [-0.2, -0.15) is 0 Å². The Hall–Kier alpha value is -3.03. The quantitative estimate of drug-likeness (QED) is 0.357. The first-order chi connectivity index (χ1) is 14.6. The van der Waals surface area contributed by atoms with Crippen molar-refractivity contribution in [1.82, 2.24) is 15.2 Å². The van der Waals surface area contributed by atoms with E-state index in [2.05, 4.69) is 15.2 Å². The van der Waals surface area contributed by atoms with Gasteiger partial charge in [-0.15, -0.1) is 10.2 Å². The number of hydrogen-bond donors (Lipinski definition) is 1. The number of halogens is 1. The second-order valence-electron chi connectivity index (χ2n) is 6.58. The molecule has 8 heteroatoms. The van der Waals surface area contributed by atoms with Crippen molar-refractivity contribution in [3.05, 3.63) is 71.2 Å². The molecule has 0 amide bonds. The van der Waals surface area contributed by atoms with Crippen LogP contribution in [0.25, 0.3) is 22.9 Å². The summed E-state index contributed by atoms with van der Waals surface area (Å²) in [5.74, 6) is 2.93. The number of ether oxygens (including phenoxy) is 1. The van der Waals surface area contributed by atoms with E-state index < -0.39 is 0 Å². The molecule has 1 N–H and O–H groups in total. The van der Waals surface area contributed by atoms with Crippen LogP contribution in [0.5, 0.6) is 5.75 Å². The van der Waals surface area contributed by atoms with Crippen LogP contribution in [0.1, 0.15) is 12.5 Å². The van der Waals surface area contributed by atoms with Crippen LogP contribution in [0.15, 0.2) is 70.2 Å². The minimum atomic E-state index is 0.0793. The minimum Gasteiger partial charge on any atom is -0.489 e. The molecule has 2 aromatic carbocycles. The maximum atomic E-state index is 11.1. The molecule has 2 aromatic heterocycles. The molecule has 0 spiro atoms. The predicted molar refractivity (Wildman–Crippen MR) is 117 cm³/mol. The molecule has 0 aliphatic heterocycles. The van der Waals surface area contributed by atoms with Crippen molar-refractivity contribution < 1.29 is 13.9 Å². The van der Waals surface area contributed by atoms with Gasteiger partial charge in [-0.3, -0.25) is 4.79 Å². The molecule has 0 saturated carbocycles. The van der Waals surface area contributed by atoms with E-state index in [9.17, 15) is 4.79 Å². The fourth-order valence-corrected chi connectivity index (χ4v) is 3.57. The Morgan fingerprint density at radius 1 is 1.10 bits per heavy atom. The average Bonchev–Trinajstić information content (AvgIpc) is 3.41. The molecule has 0 unspecified atom stereocenters. The van der Waals surface area contributed by atoms with Crippen molar-refractivity contribution >= 4 is 29.1 Å². The summed E-state index contributed by atoms with van der Waals surface area (Å²) in [5, 5.41) is 9.39. The Balaban J connectivity index is 1.45. The van der Waals surface area contributed by atoms with Crippen LogP contribution in [0.4, 0.5) is 0 Å². The highest BCUT2D eigenvalue weighted by molar-refractivity contribution is 7.99. The van der Waals surface area contributed by atoms with Gasteiger partial charge >= 0.3 is 0 Å². The molecule has 4 aromatic rings. The van der Waals surface area contributed by atoms with Gasteiger partial charge in [0.25, 0.3) is 0 Å². The summed E-state index contributed by atoms with van der Waals surface area (Å²) in [5.41, 5.74) is 1.88. The van der Waals surface area contributed by atoms with E-state index in [0.29, 0.717) is 39.9 Å². The molecule has 30 heavy (non-hydrogen) atoms. The number of thioether (sulfide) groups is 1. The van der Waals surface area contributed by atoms with E-state index >= 15 is 0 Å². The van der Waals surface area contributed by atoms with Crippen molar-refractivity contribution in [3.63, 3.8) is 0 Å². The first-order valence-corrected chi connectivity index (χ1v) is 10.6. The fourth-order valence-electron chi connectivity index (χ4n) is 2.75. The first kappa shape index (κ1) is 20.3. The first-order valence-electron chi connectivity index (χ1n) is 9.19. The summed E-state index contributed by atoms with van der Waals surface area (Å²) >= 11 is 7.33. The fraction of sp³-hybridized carbons (Fsp3) is 0.136. The van der Waals surface area contributed by atoms with Crippen LogP contribution in [-0.2, 0) is 11.4 Å². The van der Waals surface area contributed by atoms with Crippen LogP contribution in [0, 0.1) is 0 Å². The molecular weight excluding hydrogens is 422 g/mol. The number of aromatic nitrogens is 3. The molecule has 0 aliphatic rings. The number of carbonyl (C=O) groups excluding carboxylic acids is 1. The van der Waals surface area contributed by atoms with E-state index in [1.807, 2.05) is 60.7 Å². The number of rotatable bonds is 8. The molecule has 0 fully saturated rings. The normalized spacial score (nSPS) is 10.9. The molecule has 0 bridgehead atoms. The van der Waals surface area contributed by atoms with Crippen molar-refractivity contribution in [2.45, 2.75) is 18.7 Å². The van der Waals surface area contributed by atoms with Gasteiger partial charge in [0.1, 0.15) is 23.9 Å². The lowest BCUT2D eigenvalue weighted by Crippen LogP contribution is -1.95. The molecule has 2 heterocycles. The van der Waals surface area contributed by atoms with Crippen molar-refractivity contribution in [2.24, 2.45) is 0 Å². The summed E-state index contributed by atoms with van der Waals surface area (Å²) in [4.78, 5) is 14.2. The Bertz CT molecular complexity index is 1170. The van der Waals surface area contributed by atoms with Crippen molar-refractivity contribution in [1.29, 1.82) is 0 Å². The monoisotopic (exact) mass is 439 g/mol. The number of ketones is 1. The van der Waals surface area contributed by atoms with Crippen molar-refractivity contribution in [3.8, 4) is 28.7 Å². The van der Waals surface area contributed by atoms with Gasteiger partial charge in [-0.25, -0.2) is 0 Å². The van der Waals surface area contributed by atoms with E-state index in [-0.39, 0.29) is 5.78 Å². The SMILES string of the molecule is CC(=O)CSc1nnc(-c2ccc(-c3cccc(OCc4cccc(Cl)c4)c3)o2)[nH]1. The Labute approximate surface area is 182 Å². The Morgan fingerprint density at radius 3 is 2.77 bits per heavy atom. The standard InChI is InChI=1S/C22H18ClN3O3S/c1-14(27)13-30-22-24-21(25-26-22)20-9-8-19(29-20)16-5-3-7-18(11-16)28-12-15-4-2-6-17(23)10-15/h2-11H,12-13H2,1H3,(H,24,25,26). The average molecular weight is 440 g/mol. The molecule has 0 atom stereocenters. The summed E-state index contributed by atoms with van der Waals surface area (Å²) in [7, 11) is 0. The minimum absolute atomic E-state index is 0.0793. The predicted octanol–water partition coefficient (Wildman–Crippen LogP) is 5.65. The lowest BCUT2D eigenvalue weighted by atomic mass is 10.1. The maximum Gasteiger partial charge on any atom is 0.197 e. The molecule has 152 valence electrons. The van der Waals surface area contributed by atoms with Gasteiger partial charge < -0.3 is 14.1 Å². The summed E-state index contributed by atoms with van der Waals surface area (Å²) < 4.78 is 11.8. The van der Waals surface area contributed by atoms with Crippen LogP contribution < -0.4 is 4.74 Å². The van der Waals surface area contributed by atoms with E-state index in [4.69, 9.17) is 20.8 Å². The van der Waals surface area contributed by atoms with Gasteiger partial charge in [0, 0.05) is 10.6 Å². The molecule has 6 nitrogen and oxygen atoms in total. The zero-order valence-electron chi connectivity index (χ0n) is 16.1. The smallest absolute Gasteiger partial charge is 0.197 e. The highest BCUT2D eigenvalue weighted by atomic mass is 35.5. The highest BCUT2D eigenvalue weighted by Crippen LogP contribution is 2.30. The third kappa shape index (κ3) is 5.11. The number of nitrogens with zero attached hydrogens (tertiary/aromatic N) is 2. The number of nitrogens with one attached hydrogen (secondary N) is 1. The number of benzene rings is 2. The maximum absolute atomic E-state index is 11.1. The zero-order valence-corrected chi connectivity index (χ0v) is 17.7. The number of hydrogen-bond acceptors (Lipinski definition) is 6. The number of furan rings is 1. The number of carbonyl (C=O) groups is 1. The largest absolute Gasteiger partial charge is 0.489 e. The van der Waals surface area contributed by atoms with Crippen LogP contribution >= 0.6 is 23.4 Å². The third-order valence-corrected chi connectivity index (χ3v) is 5.37. The van der Waals surface area contributed by atoms with Crippen LogP contribution in [0.3, 0.4) is 0 Å². The number of aromatic amines is 1. The van der Waals surface area contributed by atoms with E-state index in [1.165, 1.54) is 18.7 Å². The van der Waals surface area contributed by atoms with Gasteiger partial charge in [-0.05, 0) is 48.9 Å². The topological polar surface area (TPSA) is 81.0 Å². The highest BCUT2D eigenvalue weighted by Gasteiger charge is 2.12. The lowest BCUT2D eigenvalue weighted by molar-refractivity contribution is -0.114. The lowest BCUT2D eigenvalue weighted by Gasteiger charge is -2.07. The van der Waals surface area contributed by atoms with Gasteiger partial charge in [0.2, 0.25) is 0 Å². The molecule has 4 rings (SSSR count). The molecule has 0 radical (unpaired) electrons. The third-order valence-electron chi connectivity index (χ3n) is 4.13. The molecule has 0 saturated heterocycles. The van der Waals surface area contributed by atoms with E-state index in [1.54, 1.807) is 0 Å². The summed E-state index contributed by atoms with van der Waals surface area (Å²) in [6, 6.07) is 19.0. The summed E-state index contributed by atoms with van der Waals surface area (Å²) in [6.07, 6.45) is 0. The second-order valence-corrected chi connectivity index (χ2v) is 7.98. The van der Waals surface area contributed by atoms with Crippen LogP contribution in [0.2, 0.25) is 5.02 Å². The zero-order chi connectivity index (χ0) is 20.9. The molecular formula is C22H18ClN3O3S. The Morgan fingerprint density at radius 2 is 1.93 bits per heavy atom.